The molecule has 0 spiro atoms. The van der Waals surface area contributed by atoms with Gasteiger partial charge >= 0.3 is 5.97 Å². The quantitative estimate of drug-likeness (QED) is 0.761. The van der Waals surface area contributed by atoms with E-state index in [9.17, 15) is 14.4 Å². The molecule has 0 aliphatic rings. The van der Waals surface area contributed by atoms with E-state index in [0.29, 0.717) is 29.6 Å². The normalized spacial score (nSPS) is 11.0. The highest BCUT2D eigenvalue weighted by Gasteiger charge is 2.17. The lowest BCUT2D eigenvalue weighted by Gasteiger charge is -2.26. The topological polar surface area (TPSA) is 103 Å². The summed E-state index contributed by atoms with van der Waals surface area (Å²) in [5.41, 5.74) is 0.454. The molecule has 0 fully saturated rings. The molecule has 7 nitrogen and oxygen atoms in total. The van der Waals surface area contributed by atoms with Gasteiger partial charge in [0.1, 0.15) is 5.82 Å². The van der Waals surface area contributed by atoms with Crippen molar-refractivity contribution in [3.05, 3.63) is 40.4 Å². The van der Waals surface area contributed by atoms with Crippen LogP contribution in [0.5, 0.6) is 0 Å². The summed E-state index contributed by atoms with van der Waals surface area (Å²) in [5.74, 6) is -0.450. The Morgan fingerprint density at radius 3 is 2.64 bits per heavy atom. The first-order valence-electron chi connectivity index (χ1n) is 8.37. The Kier molecular flexibility index (Phi) is 6.27. The number of para-hydroxylation sites is 1. The van der Waals surface area contributed by atoms with E-state index >= 15 is 0 Å². The van der Waals surface area contributed by atoms with Crippen LogP contribution in [0.25, 0.3) is 10.9 Å². The van der Waals surface area contributed by atoms with Gasteiger partial charge in [-0.25, -0.2) is 4.98 Å². The number of carboxylic acid groups (broad SMARTS) is 1. The minimum atomic E-state index is -0.920. The van der Waals surface area contributed by atoms with Gasteiger partial charge in [-0.2, -0.15) is 0 Å². The number of fused-ring (bicyclic) bond motifs is 1. The number of benzene rings is 1. The third-order valence-corrected chi connectivity index (χ3v) is 3.98. The molecule has 0 saturated carbocycles. The minimum Gasteiger partial charge on any atom is -0.481 e. The lowest BCUT2D eigenvalue weighted by atomic mass is 10.1. The number of H-pyrrole nitrogens is 1. The molecule has 2 rings (SSSR count). The number of aliphatic carboxylic acids is 1. The second-order valence-electron chi connectivity index (χ2n) is 6.21. The first-order chi connectivity index (χ1) is 11.9. The summed E-state index contributed by atoms with van der Waals surface area (Å²) in [6, 6.07) is 7.06. The first-order valence-corrected chi connectivity index (χ1v) is 8.37. The zero-order valence-corrected chi connectivity index (χ0v) is 14.5. The minimum absolute atomic E-state index is 0.0505. The molecule has 2 aromatic rings. The van der Waals surface area contributed by atoms with Crippen molar-refractivity contribution >= 4 is 22.8 Å². The number of aromatic amines is 1. The van der Waals surface area contributed by atoms with E-state index in [1.807, 2.05) is 19.9 Å². The molecule has 1 amide bonds. The molecule has 0 atom stereocenters. The van der Waals surface area contributed by atoms with Gasteiger partial charge < -0.3 is 15.0 Å². The molecule has 7 heteroatoms. The van der Waals surface area contributed by atoms with Crippen molar-refractivity contribution < 1.29 is 14.7 Å². The summed E-state index contributed by atoms with van der Waals surface area (Å²) in [6.07, 6.45) is 1.24. The van der Waals surface area contributed by atoms with Crippen LogP contribution < -0.4 is 5.56 Å². The SMILES string of the molecule is CC(C)N(CCC(=O)O)C(=O)CCCc1nc2ccccc2c(=O)[nH]1. The van der Waals surface area contributed by atoms with Crippen molar-refractivity contribution in [1.82, 2.24) is 14.9 Å². The van der Waals surface area contributed by atoms with Crippen LogP contribution in [0.3, 0.4) is 0 Å². The summed E-state index contributed by atoms with van der Waals surface area (Å²) in [5, 5.41) is 9.33. The van der Waals surface area contributed by atoms with Crippen molar-refractivity contribution in [2.75, 3.05) is 6.54 Å². The van der Waals surface area contributed by atoms with Crippen LogP contribution in [0.4, 0.5) is 0 Å². The fourth-order valence-electron chi connectivity index (χ4n) is 2.69. The average Bonchev–Trinajstić information content (AvgIpc) is 2.54. The summed E-state index contributed by atoms with van der Waals surface area (Å²) < 4.78 is 0. The van der Waals surface area contributed by atoms with Gasteiger partial charge in [0.25, 0.3) is 5.56 Å². The molecular weight excluding hydrogens is 322 g/mol. The van der Waals surface area contributed by atoms with E-state index in [1.54, 1.807) is 23.1 Å². The summed E-state index contributed by atoms with van der Waals surface area (Å²) in [7, 11) is 0. The maximum absolute atomic E-state index is 12.3. The highest BCUT2D eigenvalue weighted by Crippen LogP contribution is 2.09. The molecule has 2 N–H and O–H groups in total. The van der Waals surface area contributed by atoms with Gasteiger partial charge in [0.15, 0.2) is 0 Å². The van der Waals surface area contributed by atoms with Crippen molar-refractivity contribution in [3.63, 3.8) is 0 Å². The van der Waals surface area contributed by atoms with Crippen LogP contribution in [0.15, 0.2) is 29.1 Å². The van der Waals surface area contributed by atoms with Crippen LogP contribution in [-0.2, 0) is 16.0 Å². The van der Waals surface area contributed by atoms with E-state index in [1.165, 1.54) is 0 Å². The van der Waals surface area contributed by atoms with Crippen molar-refractivity contribution in [3.8, 4) is 0 Å². The van der Waals surface area contributed by atoms with E-state index in [-0.39, 0.29) is 36.9 Å². The fraction of sp³-hybridized carbons (Fsp3) is 0.444. The molecule has 0 bridgehead atoms. The monoisotopic (exact) mass is 345 g/mol. The van der Waals surface area contributed by atoms with Crippen LogP contribution in [-0.4, -0.2) is 44.4 Å². The second kappa shape index (κ2) is 8.41. The molecule has 1 heterocycles. The Bertz CT molecular complexity index is 813. The fourth-order valence-corrected chi connectivity index (χ4v) is 2.69. The number of carbonyl (C=O) groups excluding carboxylic acids is 1. The first kappa shape index (κ1) is 18.6. The molecule has 134 valence electrons. The van der Waals surface area contributed by atoms with Crippen molar-refractivity contribution in [2.45, 2.75) is 45.6 Å². The Hall–Kier alpha value is -2.70. The number of carboxylic acids is 1. The average molecular weight is 345 g/mol. The number of rotatable bonds is 8. The lowest BCUT2D eigenvalue weighted by molar-refractivity contribution is -0.139. The van der Waals surface area contributed by atoms with Gasteiger partial charge in [0.2, 0.25) is 5.91 Å². The highest BCUT2D eigenvalue weighted by atomic mass is 16.4. The molecule has 0 aliphatic heterocycles. The lowest BCUT2D eigenvalue weighted by Crippen LogP contribution is -2.38. The Morgan fingerprint density at radius 1 is 1.24 bits per heavy atom. The molecule has 1 aromatic carbocycles. The van der Waals surface area contributed by atoms with E-state index in [4.69, 9.17) is 5.11 Å². The van der Waals surface area contributed by atoms with Crippen LogP contribution in [0.2, 0.25) is 0 Å². The number of nitrogens with one attached hydrogen (secondary N) is 1. The largest absolute Gasteiger partial charge is 0.481 e. The number of nitrogens with zero attached hydrogens (tertiary/aromatic N) is 2. The van der Waals surface area contributed by atoms with Gasteiger partial charge in [0.05, 0.1) is 17.3 Å². The smallest absolute Gasteiger partial charge is 0.305 e. The maximum Gasteiger partial charge on any atom is 0.305 e. The Morgan fingerprint density at radius 2 is 1.96 bits per heavy atom. The molecular formula is C18H23N3O4. The maximum atomic E-state index is 12.3. The Labute approximate surface area is 145 Å². The number of hydrogen-bond acceptors (Lipinski definition) is 4. The third-order valence-electron chi connectivity index (χ3n) is 3.98. The summed E-state index contributed by atoms with van der Waals surface area (Å²) in [6.45, 7) is 3.93. The number of hydrogen-bond donors (Lipinski definition) is 2. The van der Waals surface area contributed by atoms with Crippen molar-refractivity contribution in [2.24, 2.45) is 0 Å². The van der Waals surface area contributed by atoms with E-state index < -0.39 is 5.97 Å². The molecule has 0 aliphatic carbocycles. The summed E-state index contributed by atoms with van der Waals surface area (Å²) >= 11 is 0. The molecule has 1 aromatic heterocycles. The van der Waals surface area contributed by atoms with Gasteiger partial charge in [-0.15, -0.1) is 0 Å². The zero-order valence-electron chi connectivity index (χ0n) is 14.5. The summed E-state index contributed by atoms with van der Waals surface area (Å²) in [4.78, 5) is 43.8. The van der Waals surface area contributed by atoms with Crippen LogP contribution in [0.1, 0.15) is 38.9 Å². The predicted octanol–water partition coefficient (Wildman–Crippen LogP) is 1.96. The third kappa shape index (κ3) is 5.14. The van der Waals surface area contributed by atoms with Crippen LogP contribution in [0, 0.1) is 0 Å². The number of carbonyl (C=O) groups is 2. The molecule has 0 saturated heterocycles. The molecule has 0 unspecified atom stereocenters. The van der Waals surface area contributed by atoms with E-state index in [2.05, 4.69) is 9.97 Å². The van der Waals surface area contributed by atoms with Gasteiger partial charge in [-0.1, -0.05) is 12.1 Å². The standard InChI is InChI=1S/C18H23N3O4/c1-12(2)21(11-10-17(23)24)16(22)9-5-8-15-19-14-7-4-3-6-13(14)18(25)20-15/h3-4,6-7,12H,5,8-11H2,1-2H3,(H,23,24)(H,19,20,25). The molecule has 25 heavy (non-hydrogen) atoms. The predicted molar refractivity (Wildman–Crippen MR) is 94.4 cm³/mol. The molecule has 0 radical (unpaired) electrons. The zero-order chi connectivity index (χ0) is 18.4. The van der Waals surface area contributed by atoms with Gasteiger partial charge in [-0.3, -0.25) is 14.4 Å². The van der Waals surface area contributed by atoms with Gasteiger partial charge in [-0.05, 0) is 32.4 Å². The highest BCUT2D eigenvalue weighted by molar-refractivity contribution is 5.78. The van der Waals surface area contributed by atoms with Crippen molar-refractivity contribution in [1.29, 1.82) is 0 Å². The second-order valence-corrected chi connectivity index (χ2v) is 6.21. The van der Waals surface area contributed by atoms with E-state index in [0.717, 1.165) is 0 Å². The number of amides is 1. The number of aryl methyl sites for hydroxylation is 1. The van der Waals surface area contributed by atoms with Gasteiger partial charge in [0, 0.05) is 25.4 Å². The Balaban J connectivity index is 1.96. The number of aromatic nitrogens is 2. The van der Waals surface area contributed by atoms with Crippen LogP contribution >= 0.6 is 0 Å².